The monoisotopic (exact) mass is 243 g/mol. The number of ketones is 1. The maximum atomic E-state index is 12.5. The molecule has 1 heterocycles. The normalized spacial score (nSPS) is 19.5. The lowest BCUT2D eigenvalue weighted by Crippen LogP contribution is -2.31. The summed E-state index contributed by atoms with van der Waals surface area (Å²) in [7, 11) is 4.02. The van der Waals surface area contributed by atoms with E-state index in [0.717, 1.165) is 41.7 Å². The lowest BCUT2D eigenvalue weighted by Gasteiger charge is -2.23. The van der Waals surface area contributed by atoms with Crippen LogP contribution in [0.2, 0.25) is 0 Å². The number of para-hydroxylation sites is 1. The van der Waals surface area contributed by atoms with Crippen LogP contribution in [0, 0.1) is 5.92 Å². The summed E-state index contributed by atoms with van der Waals surface area (Å²) in [6.07, 6.45) is 1.76. The highest BCUT2D eigenvalue weighted by Gasteiger charge is 2.32. The van der Waals surface area contributed by atoms with Crippen molar-refractivity contribution in [2.75, 3.05) is 20.6 Å². The predicted octanol–water partition coefficient (Wildman–Crippen LogP) is 2.74. The molecule has 0 radical (unpaired) electrons. The molecule has 0 bridgehead atoms. The first-order valence-electron chi connectivity index (χ1n) is 6.36. The summed E-state index contributed by atoms with van der Waals surface area (Å²) in [6.45, 7) is 0.817. The Morgan fingerprint density at radius 3 is 2.89 bits per heavy atom. The summed E-state index contributed by atoms with van der Waals surface area (Å²) in [5, 5.41) is 0.973. The van der Waals surface area contributed by atoms with Crippen LogP contribution in [-0.4, -0.2) is 31.3 Å². The van der Waals surface area contributed by atoms with E-state index in [1.807, 2.05) is 38.4 Å². The Morgan fingerprint density at radius 1 is 1.33 bits per heavy atom. The van der Waals surface area contributed by atoms with Gasteiger partial charge in [0.05, 0.1) is 5.56 Å². The van der Waals surface area contributed by atoms with E-state index >= 15 is 0 Å². The fourth-order valence-electron chi connectivity index (χ4n) is 2.80. The molecule has 0 fully saturated rings. The highest BCUT2D eigenvalue weighted by atomic mass is 16.3. The van der Waals surface area contributed by atoms with E-state index in [-0.39, 0.29) is 11.7 Å². The molecule has 0 N–H and O–H groups in total. The van der Waals surface area contributed by atoms with Gasteiger partial charge in [-0.1, -0.05) is 18.2 Å². The molecule has 1 aromatic heterocycles. The Hall–Kier alpha value is -1.61. The van der Waals surface area contributed by atoms with Gasteiger partial charge >= 0.3 is 0 Å². The van der Waals surface area contributed by atoms with Crippen LogP contribution >= 0.6 is 0 Å². The molecule has 0 amide bonds. The van der Waals surface area contributed by atoms with Crippen LogP contribution in [0.4, 0.5) is 0 Å². The van der Waals surface area contributed by atoms with E-state index in [1.54, 1.807) is 0 Å². The van der Waals surface area contributed by atoms with Crippen LogP contribution in [0.15, 0.2) is 28.7 Å². The molecule has 1 unspecified atom stereocenters. The average molecular weight is 243 g/mol. The van der Waals surface area contributed by atoms with Crippen LogP contribution in [0.1, 0.15) is 22.5 Å². The third kappa shape index (κ3) is 1.75. The molecule has 1 aliphatic rings. The largest absolute Gasteiger partial charge is 0.460 e. The van der Waals surface area contributed by atoms with Gasteiger partial charge in [-0.25, -0.2) is 0 Å². The number of nitrogens with zero attached hydrogens (tertiary/aromatic N) is 1. The van der Waals surface area contributed by atoms with Gasteiger partial charge in [-0.05, 0) is 26.6 Å². The molecule has 0 spiro atoms. The number of fused-ring (bicyclic) bond motifs is 3. The number of carbonyl (C=O) groups excluding carboxylic acids is 1. The van der Waals surface area contributed by atoms with E-state index in [9.17, 15) is 4.79 Å². The molecule has 94 valence electrons. The minimum Gasteiger partial charge on any atom is -0.460 e. The van der Waals surface area contributed by atoms with Gasteiger partial charge in [-0.2, -0.15) is 0 Å². The van der Waals surface area contributed by atoms with Crippen LogP contribution in [0.25, 0.3) is 11.0 Å². The van der Waals surface area contributed by atoms with E-state index in [4.69, 9.17) is 4.42 Å². The van der Waals surface area contributed by atoms with E-state index < -0.39 is 0 Å². The summed E-state index contributed by atoms with van der Waals surface area (Å²) in [6, 6.07) is 7.82. The number of benzene rings is 1. The van der Waals surface area contributed by atoms with Gasteiger partial charge in [0.15, 0.2) is 5.78 Å². The van der Waals surface area contributed by atoms with E-state index in [1.165, 1.54) is 0 Å². The quantitative estimate of drug-likeness (QED) is 0.813. The SMILES string of the molecule is CN(C)CC1CCc2oc3ccccc3c2C1=O. The number of hydrogen-bond acceptors (Lipinski definition) is 3. The van der Waals surface area contributed by atoms with Gasteiger partial charge in [0.1, 0.15) is 11.3 Å². The fraction of sp³-hybridized carbons (Fsp3) is 0.400. The van der Waals surface area contributed by atoms with Crippen LogP contribution < -0.4 is 0 Å². The average Bonchev–Trinajstić information content (AvgIpc) is 2.71. The maximum absolute atomic E-state index is 12.5. The zero-order valence-corrected chi connectivity index (χ0v) is 10.8. The molecular formula is C15H17NO2. The summed E-state index contributed by atoms with van der Waals surface area (Å²) in [5.74, 6) is 1.22. The van der Waals surface area contributed by atoms with Crippen molar-refractivity contribution in [1.82, 2.24) is 4.90 Å². The second-order valence-corrected chi connectivity index (χ2v) is 5.26. The van der Waals surface area contributed by atoms with Gasteiger partial charge < -0.3 is 9.32 Å². The molecule has 0 saturated heterocycles. The number of hydrogen-bond donors (Lipinski definition) is 0. The third-order valence-corrected chi connectivity index (χ3v) is 3.59. The summed E-state index contributed by atoms with van der Waals surface area (Å²) in [4.78, 5) is 14.6. The molecule has 1 aliphatic carbocycles. The van der Waals surface area contributed by atoms with Gasteiger partial charge in [0.25, 0.3) is 0 Å². The molecule has 18 heavy (non-hydrogen) atoms. The molecule has 3 rings (SSSR count). The molecule has 0 saturated carbocycles. The first-order chi connectivity index (χ1) is 8.66. The van der Waals surface area contributed by atoms with Gasteiger partial charge in [-0.3, -0.25) is 4.79 Å². The van der Waals surface area contributed by atoms with Crippen LogP contribution in [0.5, 0.6) is 0 Å². The molecule has 1 atom stereocenters. The van der Waals surface area contributed by atoms with E-state index in [2.05, 4.69) is 4.90 Å². The molecule has 3 nitrogen and oxygen atoms in total. The number of carbonyl (C=O) groups is 1. The Morgan fingerprint density at radius 2 is 2.11 bits per heavy atom. The second kappa shape index (κ2) is 4.25. The van der Waals surface area contributed by atoms with Crippen LogP contribution in [-0.2, 0) is 6.42 Å². The summed E-state index contributed by atoms with van der Waals surface area (Å²) < 4.78 is 5.78. The highest BCUT2D eigenvalue weighted by Crippen LogP contribution is 2.34. The van der Waals surface area contributed by atoms with Crippen molar-refractivity contribution in [3.63, 3.8) is 0 Å². The molecule has 1 aromatic carbocycles. The van der Waals surface area contributed by atoms with Gasteiger partial charge in [0.2, 0.25) is 0 Å². The number of rotatable bonds is 2. The first-order valence-corrected chi connectivity index (χ1v) is 6.36. The van der Waals surface area contributed by atoms with Crippen molar-refractivity contribution in [2.24, 2.45) is 5.92 Å². The fourth-order valence-corrected chi connectivity index (χ4v) is 2.80. The molecule has 0 aliphatic heterocycles. The molecule has 3 heteroatoms. The smallest absolute Gasteiger partial charge is 0.171 e. The van der Waals surface area contributed by atoms with Crippen molar-refractivity contribution in [2.45, 2.75) is 12.8 Å². The number of furan rings is 1. The number of Topliss-reactive ketones (excluding diaryl/α,β-unsaturated/α-hetero) is 1. The summed E-state index contributed by atoms with van der Waals surface area (Å²) in [5.41, 5.74) is 1.66. The molecule has 2 aromatic rings. The van der Waals surface area contributed by atoms with E-state index in [0.29, 0.717) is 0 Å². The Bertz CT molecular complexity index is 598. The minimum absolute atomic E-state index is 0.105. The molecular weight excluding hydrogens is 226 g/mol. The van der Waals surface area contributed by atoms with Crippen molar-refractivity contribution < 1.29 is 9.21 Å². The second-order valence-electron chi connectivity index (χ2n) is 5.26. The standard InChI is InChI=1S/C15H17NO2/c1-16(2)9-10-7-8-13-14(15(10)17)11-5-3-4-6-12(11)18-13/h3-6,10H,7-9H2,1-2H3. The van der Waals surface area contributed by atoms with Crippen molar-refractivity contribution in [3.8, 4) is 0 Å². The van der Waals surface area contributed by atoms with Gasteiger partial charge in [0, 0.05) is 24.3 Å². The van der Waals surface area contributed by atoms with Crippen molar-refractivity contribution in [3.05, 3.63) is 35.6 Å². The lowest BCUT2D eigenvalue weighted by atomic mass is 9.85. The number of aryl methyl sites for hydroxylation is 1. The summed E-state index contributed by atoms with van der Waals surface area (Å²) >= 11 is 0. The Balaban J connectivity index is 2.06. The zero-order chi connectivity index (χ0) is 12.7. The van der Waals surface area contributed by atoms with Crippen molar-refractivity contribution in [1.29, 1.82) is 0 Å². The van der Waals surface area contributed by atoms with Crippen molar-refractivity contribution >= 4 is 16.8 Å². The van der Waals surface area contributed by atoms with Gasteiger partial charge in [-0.15, -0.1) is 0 Å². The first kappa shape index (κ1) is 11.5. The lowest BCUT2D eigenvalue weighted by molar-refractivity contribution is 0.0874. The Labute approximate surface area is 106 Å². The highest BCUT2D eigenvalue weighted by molar-refractivity contribution is 6.10. The Kier molecular flexibility index (Phi) is 2.71. The minimum atomic E-state index is 0.105. The maximum Gasteiger partial charge on any atom is 0.171 e. The zero-order valence-electron chi connectivity index (χ0n) is 10.8. The van der Waals surface area contributed by atoms with Crippen LogP contribution in [0.3, 0.4) is 0 Å². The predicted molar refractivity (Wildman–Crippen MR) is 70.9 cm³/mol. The third-order valence-electron chi connectivity index (χ3n) is 3.59. The topological polar surface area (TPSA) is 33.5 Å².